The molecule has 0 unspecified atom stereocenters. The summed E-state index contributed by atoms with van der Waals surface area (Å²) in [6.45, 7) is 14.4. The van der Waals surface area contributed by atoms with Crippen molar-refractivity contribution in [2.45, 2.75) is 204 Å². The Bertz CT molecular complexity index is 395. The van der Waals surface area contributed by atoms with Crippen molar-refractivity contribution in [1.82, 2.24) is 0 Å². The Kier molecular flexibility index (Phi) is 26.1. The minimum atomic E-state index is -1.78. The average Bonchev–Trinajstić information content (AvgIpc) is 3.64. The monoisotopic (exact) mass is 776 g/mol. The first-order chi connectivity index (χ1) is 17.6. The summed E-state index contributed by atoms with van der Waals surface area (Å²) < 4.78 is 13.0. The summed E-state index contributed by atoms with van der Waals surface area (Å²) in [5, 5.41) is 0. The van der Waals surface area contributed by atoms with Gasteiger partial charge in [0.1, 0.15) is 0 Å². The normalized spacial score (nSPS) is 17.0. The van der Waals surface area contributed by atoms with Crippen LogP contribution in [0.15, 0.2) is 0 Å². The van der Waals surface area contributed by atoms with Crippen LogP contribution in [0.3, 0.4) is 0 Å². The van der Waals surface area contributed by atoms with Gasteiger partial charge < -0.3 is 0 Å². The van der Waals surface area contributed by atoms with E-state index in [1.165, 1.54) is 46.4 Å². The minimum absolute atomic E-state index is 0. The number of hydrogen-bond acceptors (Lipinski definition) is 0. The van der Waals surface area contributed by atoms with Gasteiger partial charge in [0.15, 0.2) is 0 Å². The molecule has 2 fully saturated rings. The molecule has 0 saturated heterocycles. The van der Waals surface area contributed by atoms with Crippen molar-refractivity contribution in [2.24, 2.45) is 0 Å². The molecule has 0 nitrogen and oxygen atoms in total. The summed E-state index contributed by atoms with van der Waals surface area (Å²) in [6, 6.07) is 0. The summed E-state index contributed by atoms with van der Waals surface area (Å²) in [5.74, 6) is 0. The largest absolute Gasteiger partial charge is 0 e. The maximum Gasteiger partial charge on any atom is 0 e. The van der Waals surface area contributed by atoms with Crippen LogP contribution in [0.1, 0.15) is 170 Å². The van der Waals surface area contributed by atoms with E-state index in [4.69, 9.17) is 0 Å². The van der Waals surface area contributed by atoms with Crippen LogP contribution in [0.25, 0.3) is 0 Å². The third-order valence-corrected chi connectivity index (χ3v) is 46.9. The van der Waals surface area contributed by atoms with Crippen LogP contribution in [0.5, 0.6) is 0 Å². The molecule has 37 heavy (non-hydrogen) atoms. The quantitative estimate of drug-likeness (QED) is 0.108. The second-order valence-electron chi connectivity index (χ2n) is 13.3. The molecule has 0 aromatic heterocycles. The fourth-order valence-corrected chi connectivity index (χ4v) is 46.9. The standard InChI is InChI=1S/2C5H9.6C4H9.Fe.2Sn/c2*1-2-4-5-3-1;6*1-3-4-2;;;/h2*1H,2-5H2;6*1,3-4H2,2H3;;;. The van der Waals surface area contributed by atoms with Gasteiger partial charge in [-0.3, -0.25) is 0 Å². The van der Waals surface area contributed by atoms with Crippen LogP contribution in [-0.2, 0) is 17.1 Å². The molecular formula is C34H72FeSn2. The summed E-state index contributed by atoms with van der Waals surface area (Å²) in [5.41, 5.74) is 0. The van der Waals surface area contributed by atoms with E-state index < -0.39 is 36.8 Å². The Morgan fingerprint density at radius 1 is 0.378 bits per heavy atom. The third kappa shape index (κ3) is 14.7. The first-order valence-electron chi connectivity index (χ1n) is 17.6. The molecule has 0 bridgehead atoms. The van der Waals surface area contributed by atoms with Gasteiger partial charge in [-0.15, -0.1) is 0 Å². The van der Waals surface area contributed by atoms with Gasteiger partial charge in [-0.2, -0.15) is 0 Å². The van der Waals surface area contributed by atoms with Gasteiger partial charge in [0.25, 0.3) is 0 Å². The molecule has 0 aromatic rings. The van der Waals surface area contributed by atoms with Gasteiger partial charge in [-0.25, -0.2) is 0 Å². The SMILES string of the molecule is CCC[CH2][Sn]([CH2]CCC)([CH2]CCC)[CH]1CCCC1.CCC[CH2][Sn]([CH2]CCC)([CH2]CCC)[CH]1CCCC1.[Fe]. The molecule has 2 aliphatic rings. The molecule has 0 aliphatic heterocycles. The summed E-state index contributed by atoms with van der Waals surface area (Å²) in [7, 11) is 0. The van der Waals surface area contributed by atoms with Crippen molar-refractivity contribution in [3.05, 3.63) is 0 Å². The van der Waals surface area contributed by atoms with Gasteiger partial charge in [0, 0.05) is 17.1 Å². The average molecular weight is 774 g/mol. The van der Waals surface area contributed by atoms with Crippen molar-refractivity contribution in [3.63, 3.8) is 0 Å². The van der Waals surface area contributed by atoms with Crippen LogP contribution in [-0.4, -0.2) is 36.8 Å². The zero-order valence-corrected chi connectivity index (χ0v) is 33.7. The molecule has 0 heterocycles. The molecule has 3 heteroatoms. The van der Waals surface area contributed by atoms with Crippen molar-refractivity contribution < 1.29 is 17.1 Å². The Balaban J connectivity index is 0.000000682. The van der Waals surface area contributed by atoms with E-state index in [1.807, 2.05) is 0 Å². The van der Waals surface area contributed by atoms with Crippen molar-refractivity contribution in [1.29, 1.82) is 0 Å². The fraction of sp³-hybridized carbons (Fsp3) is 1.00. The van der Waals surface area contributed by atoms with E-state index in [1.54, 1.807) is 117 Å². The summed E-state index contributed by atoms with van der Waals surface area (Å²) in [4.78, 5) is 0. The van der Waals surface area contributed by atoms with Gasteiger partial charge >= 0.3 is 241 Å². The molecule has 0 radical (unpaired) electrons. The van der Waals surface area contributed by atoms with Crippen LogP contribution < -0.4 is 0 Å². The molecule has 2 rings (SSSR count). The summed E-state index contributed by atoms with van der Waals surface area (Å²) in [6.07, 6.45) is 30.7. The smallest absolute Gasteiger partial charge is 0 e. The molecule has 224 valence electrons. The maximum atomic E-state index is 2.39. The maximum absolute atomic E-state index is 2.39. The molecule has 0 aromatic carbocycles. The second kappa shape index (κ2) is 24.7. The van der Waals surface area contributed by atoms with Crippen LogP contribution in [0.2, 0.25) is 34.5 Å². The Labute approximate surface area is 256 Å². The Morgan fingerprint density at radius 3 is 0.730 bits per heavy atom. The molecule has 2 aliphatic carbocycles. The van der Waals surface area contributed by atoms with Crippen molar-refractivity contribution in [3.8, 4) is 0 Å². The third-order valence-electron chi connectivity index (χ3n) is 10.6. The van der Waals surface area contributed by atoms with Crippen LogP contribution in [0, 0.1) is 0 Å². The van der Waals surface area contributed by atoms with Gasteiger partial charge in [-0.1, -0.05) is 0 Å². The molecule has 0 N–H and O–H groups in total. The van der Waals surface area contributed by atoms with Crippen molar-refractivity contribution >= 4 is 36.8 Å². The van der Waals surface area contributed by atoms with E-state index in [2.05, 4.69) is 41.5 Å². The first kappa shape index (κ1) is 39.1. The number of rotatable bonds is 20. The van der Waals surface area contributed by atoms with E-state index in [-0.39, 0.29) is 17.1 Å². The molecule has 2 saturated carbocycles. The fourth-order valence-electron chi connectivity index (χ4n) is 8.22. The molecular weight excluding hydrogens is 702 g/mol. The molecule has 0 atom stereocenters. The van der Waals surface area contributed by atoms with E-state index in [0.29, 0.717) is 0 Å². The van der Waals surface area contributed by atoms with Crippen molar-refractivity contribution in [2.75, 3.05) is 0 Å². The first-order valence-corrected chi connectivity index (χ1v) is 33.0. The van der Waals surface area contributed by atoms with E-state index in [9.17, 15) is 0 Å². The Hall–Kier alpha value is 2.12. The zero-order valence-electron chi connectivity index (χ0n) is 26.9. The number of unbranched alkanes of at least 4 members (excludes halogenated alkanes) is 6. The van der Waals surface area contributed by atoms with E-state index >= 15 is 0 Å². The van der Waals surface area contributed by atoms with Gasteiger partial charge in [0.2, 0.25) is 0 Å². The van der Waals surface area contributed by atoms with Gasteiger partial charge in [-0.05, 0) is 0 Å². The van der Waals surface area contributed by atoms with Crippen LogP contribution >= 0.6 is 0 Å². The predicted octanol–water partition coefficient (Wildman–Crippen LogP) is 13.6. The zero-order chi connectivity index (χ0) is 26.5. The topological polar surface area (TPSA) is 0 Å². The molecule has 0 amide bonds. The second-order valence-corrected chi connectivity index (χ2v) is 42.1. The minimum Gasteiger partial charge on any atom is 0 e. The molecule has 0 spiro atoms. The summed E-state index contributed by atoms with van der Waals surface area (Å²) >= 11 is -3.55. The Morgan fingerprint density at radius 2 is 0.568 bits per heavy atom. The van der Waals surface area contributed by atoms with E-state index in [0.717, 1.165) is 0 Å². The predicted molar refractivity (Wildman–Crippen MR) is 174 cm³/mol. The van der Waals surface area contributed by atoms with Crippen LogP contribution in [0.4, 0.5) is 0 Å². The number of hydrogen-bond donors (Lipinski definition) is 0. The van der Waals surface area contributed by atoms with Gasteiger partial charge in [0.05, 0.1) is 0 Å².